The molecule has 104 valence electrons. The fourth-order valence-electron chi connectivity index (χ4n) is 2.30. The van der Waals surface area contributed by atoms with Crippen LogP contribution in [0.1, 0.15) is 10.4 Å². The highest BCUT2D eigenvalue weighted by atomic mass is 16.4. The first kappa shape index (κ1) is 12.9. The van der Waals surface area contributed by atoms with Crippen LogP contribution >= 0.6 is 0 Å². The minimum Gasteiger partial charge on any atom is -0.478 e. The SMILES string of the molecule is O=CN(c1cccc(C(=O)O)c1)c1c[nH]c2ccccc12. The van der Waals surface area contributed by atoms with Gasteiger partial charge in [-0.3, -0.25) is 9.69 Å². The molecule has 5 nitrogen and oxygen atoms in total. The predicted octanol–water partition coefficient (Wildman–Crippen LogP) is 3.16. The molecule has 2 N–H and O–H groups in total. The Hall–Kier alpha value is -3.08. The van der Waals surface area contributed by atoms with Crippen molar-refractivity contribution >= 4 is 34.7 Å². The standard InChI is InChI=1S/C16H12N2O3/c19-10-18(12-5-3-4-11(8-12)16(20)21)15-9-17-14-7-2-1-6-13(14)15/h1-10,17H,(H,20,21). The maximum Gasteiger partial charge on any atom is 0.335 e. The van der Waals surface area contributed by atoms with Crippen molar-refractivity contribution in [3.8, 4) is 0 Å². The molecule has 0 bridgehead atoms. The van der Waals surface area contributed by atoms with Gasteiger partial charge in [-0.2, -0.15) is 0 Å². The number of para-hydroxylation sites is 1. The molecule has 21 heavy (non-hydrogen) atoms. The first-order valence-electron chi connectivity index (χ1n) is 6.34. The number of rotatable bonds is 4. The maximum absolute atomic E-state index is 11.5. The van der Waals surface area contributed by atoms with E-state index in [0.29, 0.717) is 17.8 Å². The zero-order valence-electron chi connectivity index (χ0n) is 11.0. The summed E-state index contributed by atoms with van der Waals surface area (Å²) >= 11 is 0. The molecule has 0 aliphatic rings. The van der Waals surface area contributed by atoms with E-state index in [9.17, 15) is 9.59 Å². The van der Waals surface area contributed by atoms with Crippen LogP contribution in [0.2, 0.25) is 0 Å². The van der Waals surface area contributed by atoms with Gasteiger partial charge >= 0.3 is 5.97 Å². The average molecular weight is 280 g/mol. The van der Waals surface area contributed by atoms with Gasteiger partial charge in [-0.25, -0.2) is 4.79 Å². The topological polar surface area (TPSA) is 73.4 Å². The molecule has 0 saturated heterocycles. The lowest BCUT2D eigenvalue weighted by atomic mass is 10.1. The number of aromatic amines is 1. The Morgan fingerprint density at radius 2 is 1.95 bits per heavy atom. The van der Waals surface area contributed by atoms with Crippen LogP contribution in [0.5, 0.6) is 0 Å². The number of carboxylic acids is 1. The van der Waals surface area contributed by atoms with E-state index in [1.54, 1.807) is 18.3 Å². The van der Waals surface area contributed by atoms with Crippen LogP contribution in [0.15, 0.2) is 54.7 Å². The van der Waals surface area contributed by atoms with Crippen molar-refractivity contribution in [1.82, 2.24) is 4.98 Å². The lowest BCUT2D eigenvalue weighted by Crippen LogP contribution is -2.14. The number of fused-ring (bicyclic) bond motifs is 1. The van der Waals surface area contributed by atoms with Gasteiger partial charge in [0.1, 0.15) is 0 Å². The number of carbonyl (C=O) groups excluding carboxylic acids is 1. The molecule has 3 rings (SSSR count). The quantitative estimate of drug-likeness (QED) is 0.721. The van der Waals surface area contributed by atoms with Crippen molar-refractivity contribution in [3.63, 3.8) is 0 Å². The van der Waals surface area contributed by atoms with Crippen molar-refractivity contribution in [2.75, 3.05) is 4.90 Å². The number of nitrogens with zero attached hydrogens (tertiary/aromatic N) is 1. The molecule has 0 fully saturated rings. The monoisotopic (exact) mass is 280 g/mol. The molecule has 5 heteroatoms. The predicted molar refractivity (Wildman–Crippen MR) is 79.9 cm³/mol. The number of nitrogens with one attached hydrogen (secondary N) is 1. The summed E-state index contributed by atoms with van der Waals surface area (Å²) in [4.78, 5) is 27.1. The highest BCUT2D eigenvalue weighted by Gasteiger charge is 2.14. The van der Waals surface area contributed by atoms with Gasteiger partial charge in [0.25, 0.3) is 0 Å². The Kier molecular flexibility index (Phi) is 3.16. The Morgan fingerprint density at radius 3 is 2.71 bits per heavy atom. The summed E-state index contributed by atoms with van der Waals surface area (Å²) in [5.41, 5.74) is 2.24. The smallest absolute Gasteiger partial charge is 0.335 e. The number of aromatic carboxylic acids is 1. The van der Waals surface area contributed by atoms with Crippen LogP contribution < -0.4 is 4.90 Å². The Bertz CT molecular complexity index is 823. The first-order valence-corrected chi connectivity index (χ1v) is 6.34. The molecule has 0 radical (unpaired) electrons. The van der Waals surface area contributed by atoms with Crippen LogP contribution in [-0.4, -0.2) is 22.5 Å². The summed E-state index contributed by atoms with van der Waals surface area (Å²) in [5, 5.41) is 9.95. The molecule has 2 aromatic carbocycles. The second-order valence-corrected chi connectivity index (χ2v) is 4.55. The molecule has 0 unspecified atom stereocenters. The van der Waals surface area contributed by atoms with E-state index in [1.807, 2.05) is 24.3 Å². The molecule has 0 aliphatic heterocycles. The van der Waals surface area contributed by atoms with E-state index in [0.717, 1.165) is 10.9 Å². The number of hydrogen-bond acceptors (Lipinski definition) is 2. The van der Waals surface area contributed by atoms with Gasteiger partial charge < -0.3 is 10.1 Å². The van der Waals surface area contributed by atoms with E-state index >= 15 is 0 Å². The van der Waals surface area contributed by atoms with E-state index < -0.39 is 5.97 Å². The average Bonchev–Trinajstić information content (AvgIpc) is 2.93. The van der Waals surface area contributed by atoms with Crippen molar-refractivity contribution in [2.45, 2.75) is 0 Å². The third kappa shape index (κ3) is 2.25. The Morgan fingerprint density at radius 1 is 1.14 bits per heavy atom. The van der Waals surface area contributed by atoms with E-state index in [-0.39, 0.29) is 5.56 Å². The highest BCUT2D eigenvalue weighted by molar-refractivity contribution is 6.02. The van der Waals surface area contributed by atoms with Crippen LogP contribution in [0, 0.1) is 0 Å². The van der Waals surface area contributed by atoms with Crippen molar-refractivity contribution in [3.05, 3.63) is 60.3 Å². The molecule has 0 spiro atoms. The van der Waals surface area contributed by atoms with Crippen LogP contribution in [0.4, 0.5) is 11.4 Å². The highest BCUT2D eigenvalue weighted by Crippen LogP contribution is 2.31. The number of aromatic nitrogens is 1. The number of hydrogen-bond donors (Lipinski definition) is 2. The largest absolute Gasteiger partial charge is 0.478 e. The van der Waals surface area contributed by atoms with Gasteiger partial charge in [0.2, 0.25) is 6.41 Å². The third-order valence-corrected chi connectivity index (χ3v) is 3.30. The number of benzene rings is 2. The van der Waals surface area contributed by atoms with Crippen molar-refractivity contribution in [1.29, 1.82) is 0 Å². The molecule has 0 atom stereocenters. The van der Waals surface area contributed by atoms with Gasteiger partial charge in [0.15, 0.2) is 0 Å². The Balaban J connectivity index is 2.12. The molecular weight excluding hydrogens is 268 g/mol. The molecule has 1 amide bonds. The lowest BCUT2D eigenvalue weighted by molar-refractivity contribution is -0.106. The van der Waals surface area contributed by atoms with Gasteiger partial charge in [-0.05, 0) is 24.3 Å². The second kappa shape index (κ2) is 5.13. The van der Waals surface area contributed by atoms with Gasteiger partial charge in [-0.15, -0.1) is 0 Å². The lowest BCUT2D eigenvalue weighted by Gasteiger charge is -2.17. The van der Waals surface area contributed by atoms with E-state index in [1.165, 1.54) is 17.0 Å². The summed E-state index contributed by atoms with van der Waals surface area (Å²) in [5.74, 6) is -1.03. The first-order chi connectivity index (χ1) is 10.2. The number of carbonyl (C=O) groups is 2. The molecule has 1 aromatic heterocycles. The summed E-state index contributed by atoms with van der Waals surface area (Å²) in [6.45, 7) is 0. The van der Waals surface area contributed by atoms with Gasteiger partial charge in [-0.1, -0.05) is 24.3 Å². The summed E-state index contributed by atoms with van der Waals surface area (Å²) in [7, 11) is 0. The van der Waals surface area contributed by atoms with E-state index in [2.05, 4.69) is 4.98 Å². The second-order valence-electron chi connectivity index (χ2n) is 4.55. The third-order valence-electron chi connectivity index (χ3n) is 3.30. The molecule has 1 heterocycles. The Labute approximate surface area is 120 Å². The number of anilines is 2. The minimum atomic E-state index is -1.03. The molecule has 3 aromatic rings. The summed E-state index contributed by atoms with van der Waals surface area (Å²) in [6.07, 6.45) is 2.41. The molecule has 0 saturated carbocycles. The zero-order chi connectivity index (χ0) is 14.8. The maximum atomic E-state index is 11.5. The molecular formula is C16H12N2O3. The summed E-state index contributed by atoms with van der Waals surface area (Å²) in [6, 6.07) is 13.9. The minimum absolute atomic E-state index is 0.138. The normalized spacial score (nSPS) is 10.5. The van der Waals surface area contributed by atoms with Crippen LogP contribution in [-0.2, 0) is 4.79 Å². The van der Waals surface area contributed by atoms with Crippen molar-refractivity contribution < 1.29 is 14.7 Å². The fraction of sp³-hybridized carbons (Fsp3) is 0. The summed E-state index contributed by atoms with van der Waals surface area (Å²) < 4.78 is 0. The van der Waals surface area contributed by atoms with Gasteiger partial charge in [0, 0.05) is 22.8 Å². The van der Waals surface area contributed by atoms with Crippen LogP contribution in [0.25, 0.3) is 10.9 Å². The number of carboxylic acid groups (broad SMARTS) is 1. The zero-order valence-corrected chi connectivity index (χ0v) is 11.0. The van der Waals surface area contributed by atoms with E-state index in [4.69, 9.17) is 5.11 Å². The fourth-order valence-corrected chi connectivity index (χ4v) is 2.30. The number of amides is 1. The number of H-pyrrole nitrogens is 1. The van der Waals surface area contributed by atoms with Gasteiger partial charge in [0.05, 0.1) is 11.3 Å². The van der Waals surface area contributed by atoms with Crippen LogP contribution in [0.3, 0.4) is 0 Å². The van der Waals surface area contributed by atoms with Crippen molar-refractivity contribution in [2.24, 2.45) is 0 Å². The molecule has 0 aliphatic carbocycles.